The molecule has 1 aromatic heterocycles. The largest absolute Gasteiger partial charge is 0.504 e. The number of phenols is 1. The van der Waals surface area contributed by atoms with E-state index in [4.69, 9.17) is 10.6 Å². The van der Waals surface area contributed by atoms with Crippen molar-refractivity contribution in [2.45, 2.75) is 29.5 Å². The van der Waals surface area contributed by atoms with E-state index < -0.39 is 0 Å². The topological polar surface area (TPSA) is 126 Å². The van der Waals surface area contributed by atoms with Crippen molar-refractivity contribution in [3.05, 3.63) is 38.3 Å². The molecule has 2 aromatic rings. The second kappa shape index (κ2) is 6.60. The van der Waals surface area contributed by atoms with E-state index in [1.165, 1.54) is 11.3 Å². The summed E-state index contributed by atoms with van der Waals surface area (Å²) < 4.78 is 5.61. The number of rotatable bonds is 3. The summed E-state index contributed by atoms with van der Waals surface area (Å²) in [4.78, 5) is 41.6. The van der Waals surface area contributed by atoms with Crippen LogP contribution in [0.1, 0.15) is 29.7 Å². The number of H-pyrrole nitrogens is 1. The lowest BCUT2D eigenvalue weighted by molar-refractivity contribution is -0.141. The van der Waals surface area contributed by atoms with Gasteiger partial charge in [0.1, 0.15) is 0 Å². The van der Waals surface area contributed by atoms with Gasteiger partial charge < -0.3 is 14.8 Å². The third-order valence-corrected chi connectivity index (χ3v) is 9.99. The third kappa shape index (κ3) is 2.49. The van der Waals surface area contributed by atoms with Gasteiger partial charge in [-0.3, -0.25) is 14.4 Å². The first kappa shape index (κ1) is 19.4. The number of hydrogen-bond acceptors (Lipinski definition) is 8. The Bertz CT molecular complexity index is 1180. The molecule has 0 spiro atoms. The number of ether oxygens (including phenoxy) is 1. The van der Waals surface area contributed by atoms with Crippen LogP contribution in [0, 0.1) is 29.6 Å². The Kier molecular flexibility index (Phi) is 4.13. The number of carbonyl (C=O) groups is 2. The number of thioether (sulfide) groups is 1. The highest BCUT2D eigenvalue weighted by Crippen LogP contribution is 2.68. The molecule has 2 amide bonds. The Labute approximate surface area is 185 Å². The van der Waals surface area contributed by atoms with Gasteiger partial charge in [0.15, 0.2) is 11.5 Å². The molecular formula is C21H21N3O5S2. The smallest absolute Gasteiger partial charge is 0.305 e. The molecule has 1 aromatic carbocycles. The number of benzene rings is 1. The van der Waals surface area contributed by atoms with E-state index in [-0.39, 0.29) is 63.2 Å². The number of aromatic nitrogens is 1. The molecule has 0 radical (unpaired) electrons. The van der Waals surface area contributed by atoms with Gasteiger partial charge in [0.25, 0.3) is 0 Å². The SMILES string of the molecule is CCOc1cc([C@H]2c3sc(=O)[nH]c3S[C@H]3[C@@H]4C[C@H]([C@H]5C(=O)N(N)C(=O)[C@H]45)[C@@H]23)ccc1O. The van der Waals surface area contributed by atoms with E-state index in [2.05, 4.69) is 4.98 Å². The number of phenolic OH excluding ortho intramolecular Hbond substituents is 1. The van der Waals surface area contributed by atoms with E-state index in [9.17, 15) is 19.5 Å². The summed E-state index contributed by atoms with van der Waals surface area (Å²) in [6.45, 7) is 2.27. The average molecular weight is 460 g/mol. The number of imide groups is 1. The van der Waals surface area contributed by atoms with Crippen LogP contribution in [-0.4, -0.2) is 38.8 Å². The summed E-state index contributed by atoms with van der Waals surface area (Å²) in [7, 11) is 0. The Morgan fingerprint density at radius 2 is 1.97 bits per heavy atom. The first-order valence-electron chi connectivity index (χ1n) is 10.4. The fourth-order valence-corrected chi connectivity index (χ4v) is 9.30. The van der Waals surface area contributed by atoms with Gasteiger partial charge in [0.2, 0.25) is 11.8 Å². The quantitative estimate of drug-likeness (QED) is 0.363. The minimum Gasteiger partial charge on any atom is -0.504 e. The monoisotopic (exact) mass is 459 g/mol. The van der Waals surface area contributed by atoms with Gasteiger partial charge in [-0.1, -0.05) is 17.4 Å². The molecule has 4 aliphatic rings. The van der Waals surface area contributed by atoms with E-state index in [0.29, 0.717) is 12.4 Å². The molecule has 10 heteroatoms. The Balaban J connectivity index is 1.50. The number of aromatic amines is 1. The lowest BCUT2D eigenvalue weighted by Crippen LogP contribution is -2.42. The van der Waals surface area contributed by atoms with Crippen molar-refractivity contribution in [1.82, 2.24) is 9.99 Å². The van der Waals surface area contributed by atoms with Crippen LogP contribution in [-0.2, 0) is 9.59 Å². The molecule has 2 saturated carbocycles. The number of amides is 2. The number of fused-ring (bicyclic) bond motifs is 9. The van der Waals surface area contributed by atoms with E-state index >= 15 is 0 Å². The summed E-state index contributed by atoms with van der Waals surface area (Å²) >= 11 is 2.83. The van der Waals surface area contributed by atoms with Crippen LogP contribution in [0.5, 0.6) is 11.5 Å². The minimum atomic E-state index is -0.382. The molecular weight excluding hydrogens is 438 g/mol. The normalized spacial score (nSPS) is 35.3. The second-order valence-corrected chi connectivity index (χ2v) is 10.9. The van der Waals surface area contributed by atoms with Crippen molar-refractivity contribution in [2.75, 3.05) is 6.61 Å². The van der Waals surface area contributed by atoms with Crippen molar-refractivity contribution < 1.29 is 19.4 Å². The Hall–Kier alpha value is -2.30. The molecule has 3 heterocycles. The number of hydrazine groups is 1. The fourth-order valence-electron chi connectivity index (χ4n) is 6.41. The zero-order valence-corrected chi connectivity index (χ0v) is 18.2. The molecule has 2 aliphatic heterocycles. The number of nitrogens with zero attached hydrogens (tertiary/aromatic N) is 1. The van der Waals surface area contributed by atoms with Crippen LogP contribution >= 0.6 is 23.1 Å². The molecule has 6 rings (SSSR count). The summed E-state index contributed by atoms with van der Waals surface area (Å²) in [5, 5.41) is 12.0. The van der Waals surface area contributed by atoms with E-state index in [1.807, 2.05) is 19.1 Å². The zero-order valence-electron chi connectivity index (χ0n) is 16.6. The standard InChI is InChI=1S/C21H21N3O5S2/c1-2-29-11-5-7(3-4-10(11)25)12-13-8-6-9(15-14(8)19(26)24(22)20(15)27)16(13)30-18-17(12)31-21(28)23-18/h3-5,8-9,12-16,25H,2,6,22H2,1H3,(H,23,28)/t8-,9+,12+,13-,14+,15+,16-/m0/s1. The molecule has 7 atom stereocenters. The maximum atomic E-state index is 12.8. The van der Waals surface area contributed by atoms with E-state index in [1.54, 1.807) is 17.8 Å². The number of aromatic hydroxyl groups is 1. The summed E-state index contributed by atoms with van der Waals surface area (Å²) in [6, 6.07) is 5.32. The van der Waals surface area contributed by atoms with Crippen LogP contribution < -0.4 is 15.5 Å². The van der Waals surface area contributed by atoms with Gasteiger partial charge in [-0.15, -0.1) is 11.8 Å². The van der Waals surface area contributed by atoms with Crippen LogP contribution in [0.15, 0.2) is 28.0 Å². The zero-order chi connectivity index (χ0) is 21.6. The number of nitrogens with two attached hydrogens (primary N) is 1. The van der Waals surface area contributed by atoms with Crippen LogP contribution in [0.25, 0.3) is 0 Å². The molecule has 2 bridgehead atoms. The van der Waals surface area contributed by atoms with Gasteiger partial charge in [0.05, 0.1) is 23.5 Å². The number of nitrogens with one attached hydrogen (secondary N) is 1. The lowest BCUT2D eigenvalue weighted by atomic mass is 9.68. The summed E-state index contributed by atoms with van der Waals surface area (Å²) in [5.74, 6) is 5.03. The molecule has 2 aliphatic carbocycles. The van der Waals surface area contributed by atoms with Crippen molar-refractivity contribution in [2.24, 2.45) is 35.4 Å². The highest BCUT2D eigenvalue weighted by atomic mass is 32.2. The van der Waals surface area contributed by atoms with Gasteiger partial charge in [-0.05, 0) is 48.8 Å². The molecule has 4 N–H and O–H groups in total. The first-order valence-corrected chi connectivity index (χ1v) is 12.1. The molecule has 31 heavy (non-hydrogen) atoms. The average Bonchev–Trinajstić information content (AvgIpc) is 3.46. The first-order chi connectivity index (χ1) is 14.9. The number of hydrogen-bond donors (Lipinski definition) is 3. The van der Waals surface area contributed by atoms with Crippen LogP contribution in [0.3, 0.4) is 0 Å². The second-order valence-electron chi connectivity index (χ2n) is 8.67. The molecule has 3 fully saturated rings. The molecule has 162 valence electrons. The predicted octanol–water partition coefficient (Wildman–Crippen LogP) is 1.89. The van der Waals surface area contributed by atoms with Crippen molar-refractivity contribution in [3.8, 4) is 11.5 Å². The Morgan fingerprint density at radius 3 is 2.71 bits per heavy atom. The number of carbonyl (C=O) groups excluding carboxylic acids is 2. The van der Waals surface area contributed by atoms with Crippen molar-refractivity contribution in [3.63, 3.8) is 0 Å². The van der Waals surface area contributed by atoms with Crippen LogP contribution in [0.2, 0.25) is 0 Å². The summed E-state index contributed by atoms with van der Waals surface area (Å²) in [5.41, 5.74) is 0.943. The van der Waals surface area contributed by atoms with Crippen molar-refractivity contribution in [1.29, 1.82) is 0 Å². The molecule has 8 nitrogen and oxygen atoms in total. The highest BCUT2D eigenvalue weighted by molar-refractivity contribution is 8.00. The third-order valence-electron chi connectivity index (χ3n) is 7.40. The molecule has 0 unspecified atom stereocenters. The number of thiazole rings is 1. The Morgan fingerprint density at radius 1 is 1.23 bits per heavy atom. The van der Waals surface area contributed by atoms with Gasteiger partial charge >= 0.3 is 4.87 Å². The fraction of sp³-hybridized carbons (Fsp3) is 0.476. The predicted molar refractivity (Wildman–Crippen MR) is 114 cm³/mol. The highest BCUT2D eigenvalue weighted by Gasteiger charge is 2.69. The molecule has 1 saturated heterocycles. The maximum Gasteiger partial charge on any atom is 0.305 e. The van der Waals surface area contributed by atoms with Crippen molar-refractivity contribution >= 4 is 34.9 Å². The lowest BCUT2D eigenvalue weighted by Gasteiger charge is -2.43. The maximum absolute atomic E-state index is 12.8. The van der Waals surface area contributed by atoms with Gasteiger partial charge in [0, 0.05) is 16.0 Å². The van der Waals surface area contributed by atoms with E-state index in [0.717, 1.165) is 26.9 Å². The summed E-state index contributed by atoms with van der Waals surface area (Å²) in [6.07, 6.45) is 0.815. The van der Waals surface area contributed by atoms with Gasteiger partial charge in [-0.25, -0.2) is 10.9 Å². The minimum absolute atomic E-state index is 0.0252. The van der Waals surface area contributed by atoms with Gasteiger partial charge in [-0.2, -0.15) is 0 Å². The van der Waals surface area contributed by atoms with Crippen LogP contribution in [0.4, 0.5) is 0 Å².